The molecule has 6 heteroatoms. The van der Waals surface area contributed by atoms with Gasteiger partial charge in [-0.05, 0) is 50.7 Å². The minimum absolute atomic E-state index is 0.107. The summed E-state index contributed by atoms with van der Waals surface area (Å²) >= 11 is 5.31. The van der Waals surface area contributed by atoms with Gasteiger partial charge in [-0.3, -0.25) is 0 Å². The van der Waals surface area contributed by atoms with Crippen LogP contribution < -0.4 is 4.74 Å². The highest BCUT2D eigenvalue weighted by molar-refractivity contribution is 7.71. The smallest absolute Gasteiger partial charge is 0.216 e. The fourth-order valence-electron chi connectivity index (χ4n) is 2.34. The van der Waals surface area contributed by atoms with E-state index in [0.29, 0.717) is 10.6 Å². The van der Waals surface area contributed by atoms with E-state index in [1.807, 2.05) is 62.4 Å². The quantitative estimate of drug-likeness (QED) is 0.540. The van der Waals surface area contributed by atoms with Crippen molar-refractivity contribution in [3.05, 3.63) is 64.4 Å². The number of ether oxygens (including phenoxy) is 1. The molecule has 128 valence electrons. The summed E-state index contributed by atoms with van der Waals surface area (Å²) in [7, 11) is 0. The van der Waals surface area contributed by atoms with Crippen molar-refractivity contribution >= 4 is 18.4 Å². The highest BCUT2D eigenvalue weighted by atomic mass is 32.1. The van der Waals surface area contributed by atoms with Gasteiger partial charge in [-0.2, -0.15) is 14.9 Å². The van der Waals surface area contributed by atoms with E-state index in [4.69, 9.17) is 17.0 Å². The Bertz CT molecular complexity index is 939. The van der Waals surface area contributed by atoms with E-state index in [-0.39, 0.29) is 6.10 Å². The maximum absolute atomic E-state index is 5.75. The minimum Gasteiger partial charge on any atom is -0.491 e. The highest BCUT2D eigenvalue weighted by Crippen LogP contribution is 2.23. The van der Waals surface area contributed by atoms with Crippen LogP contribution in [0, 0.1) is 11.7 Å². The summed E-state index contributed by atoms with van der Waals surface area (Å²) in [4.78, 5) is 0. The Labute approximate surface area is 152 Å². The van der Waals surface area contributed by atoms with Gasteiger partial charge in [0.25, 0.3) is 0 Å². The van der Waals surface area contributed by atoms with E-state index in [9.17, 15) is 0 Å². The zero-order valence-corrected chi connectivity index (χ0v) is 15.2. The molecule has 0 aliphatic carbocycles. The lowest BCUT2D eigenvalue weighted by molar-refractivity contribution is 0.242. The maximum atomic E-state index is 5.75. The number of nitrogens with zero attached hydrogens (tertiary/aromatic N) is 3. The summed E-state index contributed by atoms with van der Waals surface area (Å²) in [6.45, 7) is 6.04. The first kappa shape index (κ1) is 17.1. The molecule has 0 saturated heterocycles. The van der Waals surface area contributed by atoms with Crippen molar-refractivity contribution in [1.82, 2.24) is 14.9 Å². The Balaban J connectivity index is 1.94. The molecule has 0 saturated carbocycles. The van der Waals surface area contributed by atoms with Crippen molar-refractivity contribution < 1.29 is 4.74 Å². The van der Waals surface area contributed by atoms with E-state index >= 15 is 0 Å². The molecule has 0 fully saturated rings. The minimum atomic E-state index is 0.107. The Morgan fingerprint density at radius 2 is 1.96 bits per heavy atom. The Morgan fingerprint density at radius 1 is 1.20 bits per heavy atom. The Hall–Kier alpha value is -2.73. The molecule has 0 aliphatic rings. The average Bonchev–Trinajstić information content (AvgIpc) is 2.95. The Morgan fingerprint density at radius 3 is 2.68 bits per heavy atom. The summed E-state index contributed by atoms with van der Waals surface area (Å²) in [6.07, 6.45) is 1.87. The van der Waals surface area contributed by atoms with Gasteiger partial charge in [0.15, 0.2) is 5.82 Å². The lowest BCUT2D eigenvalue weighted by Crippen LogP contribution is -2.05. The molecular weight excluding hydrogens is 332 g/mol. The number of hydrogen-bond acceptors (Lipinski definition) is 4. The number of aromatic nitrogens is 3. The van der Waals surface area contributed by atoms with Crippen molar-refractivity contribution in [2.24, 2.45) is 5.10 Å². The van der Waals surface area contributed by atoms with Crippen LogP contribution in [0.2, 0.25) is 0 Å². The zero-order chi connectivity index (χ0) is 17.8. The summed E-state index contributed by atoms with van der Waals surface area (Å²) < 4.78 is 7.81. The number of H-pyrrole nitrogens is 1. The van der Waals surface area contributed by atoms with E-state index in [1.54, 1.807) is 10.9 Å². The van der Waals surface area contributed by atoms with Gasteiger partial charge in [0.1, 0.15) is 5.75 Å². The summed E-state index contributed by atoms with van der Waals surface area (Å²) in [5.41, 5.74) is 3.09. The van der Waals surface area contributed by atoms with Gasteiger partial charge < -0.3 is 4.74 Å². The molecule has 3 aromatic rings. The normalized spacial score (nSPS) is 11.4. The third-order valence-electron chi connectivity index (χ3n) is 3.51. The molecule has 1 N–H and O–H groups in total. The molecule has 0 radical (unpaired) electrons. The summed E-state index contributed by atoms with van der Waals surface area (Å²) in [5, 5.41) is 11.6. The number of nitrogens with one attached hydrogen (secondary N) is 1. The molecule has 25 heavy (non-hydrogen) atoms. The standard InChI is InChI=1S/C19H20N4OS/c1-13(2)24-17-6-4-5-16(11-17)18-21-22-19(25)23(18)20-12-15-9-7-14(3)8-10-15/h4-13H,1-3H3,(H,22,25). The van der Waals surface area contributed by atoms with Gasteiger partial charge in [0.05, 0.1) is 12.3 Å². The topological polar surface area (TPSA) is 55.2 Å². The van der Waals surface area contributed by atoms with Crippen LogP contribution in [-0.2, 0) is 0 Å². The van der Waals surface area contributed by atoms with Crippen molar-refractivity contribution in [2.45, 2.75) is 26.9 Å². The molecule has 2 aromatic carbocycles. The van der Waals surface area contributed by atoms with Gasteiger partial charge in [-0.15, -0.1) is 0 Å². The van der Waals surface area contributed by atoms with Crippen molar-refractivity contribution in [3.63, 3.8) is 0 Å². The second-order valence-electron chi connectivity index (χ2n) is 6.01. The number of aryl methyl sites for hydroxylation is 1. The van der Waals surface area contributed by atoms with Gasteiger partial charge in [-0.25, -0.2) is 5.10 Å². The monoisotopic (exact) mass is 352 g/mol. The molecule has 0 unspecified atom stereocenters. The van der Waals surface area contributed by atoms with Crippen LogP contribution in [0.3, 0.4) is 0 Å². The van der Waals surface area contributed by atoms with Gasteiger partial charge >= 0.3 is 0 Å². The van der Waals surface area contributed by atoms with E-state index in [0.717, 1.165) is 16.9 Å². The Kier molecular flexibility index (Phi) is 5.09. The van der Waals surface area contributed by atoms with Crippen molar-refractivity contribution in [3.8, 4) is 17.1 Å². The largest absolute Gasteiger partial charge is 0.491 e. The molecule has 0 bridgehead atoms. The fraction of sp³-hybridized carbons (Fsp3) is 0.211. The lowest BCUT2D eigenvalue weighted by Gasteiger charge is -2.10. The maximum Gasteiger partial charge on any atom is 0.216 e. The summed E-state index contributed by atoms with van der Waals surface area (Å²) in [6, 6.07) is 15.9. The van der Waals surface area contributed by atoms with Crippen LogP contribution >= 0.6 is 12.2 Å². The molecule has 0 amide bonds. The first-order valence-electron chi connectivity index (χ1n) is 8.08. The fourth-order valence-corrected chi connectivity index (χ4v) is 2.52. The lowest BCUT2D eigenvalue weighted by atomic mass is 10.2. The van der Waals surface area contributed by atoms with Crippen LogP contribution in [0.5, 0.6) is 5.75 Å². The third-order valence-corrected chi connectivity index (χ3v) is 3.78. The predicted octanol–water partition coefficient (Wildman–Crippen LogP) is 4.59. The third kappa shape index (κ3) is 4.22. The second kappa shape index (κ2) is 7.44. The van der Waals surface area contributed by atoms with E-state index in [1.165, 1.54) is 5.56 Å². The highest BCUT2D eigenvalue weighted by Gasteiger charge is 2.09. The SMILES string of the molecule is Cc1ccc(C=Nn2c(-c3cccc(OC(C)C)c3)n[nH]c2=S)cc1. The van der Waals surface area contributed by atoms with Gasteiger partial charge in [0.2, 0.25) is 4.77 Å². The first-order chi connectivity index (χ1) is 12.0. The van der Waals surface area contributed by atoms with Gasteiger partial charge in [-0.1, -0.05) is 42.0 Å². The number of benzene rings is 2. The molecule has 0 aliphatic heterocycles. The first-order valence-corrected chi connectivity index (χ1v) is 8.49. The van der Waals surface area contributed by atoms with Crippen LogP contribution in [0.15, 0.2) is 53.6 Å². The predicted molar refractivity (Wildman–Crippen MR) is 103 cm³/mol. The van der Waals surface area contributed by atoms with Crippen molar-refractivity contribution in [2.75, 3.05) is 0 Å². The number of aromatic amines is 1. The molecule has 1 heterocycles. The van der Waals surface area contributed by atoms with Crippen LogP contribution in [0.25, 0.3) is 11.4 Å². The second-order valence-corrected chi connectivity index (χ2v) is 6.40. The molecule has 3 rings (SSSR count). The van der Waals surface area contributed by atoms with Crippen LogP contribution in [-0.4, -0.2) is 27.2 Å². The molecular formula is C19H20N4OS. The number of hydrogen-bond donors (Lipinski definition) is 1. The molecule has 1 aromatic heterocycles. The van der Waals surface area contributed by atoms with Gasteiger partial charge in [0, 0.05) is 5.56 Å². The molecule has 5 nitrogen and oxygen atoms in total. The zero-order valence-electron chi connectivity index (χ0n) is 14.4. The van der Waals surface area contributed by atoms with Crippen LogP contribution in [0.4, 0.5) is 0 Å². The molecule has 0 spiro atoms. The van der Waals surface area contributed by atoms with E-state index in [2.05, 4.69) is 22.2 Å². The average molecular weight is 352 g/mol. The van der Waals surface area contributed by atoms with Crippen molar-refractivity contribution in [1.29, 1.82) is 0 Å². The number of rotatable bonds is 5. The summed E-state index contributed by atoms with van der Waals surface area (Å²) in [5.74, 6) is 1.43. The van der Waals surface area contributed by atoms with Crippen LogP contribution in [0.1, 0.15) is 25.0 Å². The molecule has 0 atom stereocenters. The van der Waals surface area contributed by atoms with E-state index < -0.39 is 0 Å².